The molecule has 0 aliphatic heterocycles. The summed E-state index contributed by atoms with van der Waals surface area (Å²) in [6.45, 7) is 4.49. The number of aromatic nitrogens is 2. The second-order valence-electron chi connectivity index (χ2n) is 10.7. The van der Waals surface area contributed by atoms with Crippen LogP contribution < -0.4 is 10.2 Å². The molecule has 4 heteroatoms. The monoisotopic (exact) mass is 560 g/mol. The van der Waals surface area contributed by atoms with E-state index in [2.05, 4.69) is 150 Å². The molecule has 0 saturated heterocycles. The van der Waals surface area contributed by atoms with Crippen molar-refractivity contribution in [2.75, 3.05) is 10.2 Å². The van der Waals surface area contributed by atoms with Gasteiger partial charge in [0.05, 0.1) is 11.2 Å². The van der Waals surface area contributed by atoms with Gasteiger partial charge in [0, 0.05) is 35.0 Å². The molecular formula is C39H36N4. The van der Waals surface area contributed by atoms with E-state index < -0.39 is 0 Å². The Hall–Kier alpha value is -5.22. The molecule has 0 amide bonds. The fourth-order valence-corrected chi connectivity index (χ4v) is 5.82. The molecule has 0 aliphatic carbocycles. The minimum absolute atomic E-state index is 0.283. The van der Waals surface area contributed by atoms with Gasteiger partial charge in [-0.15, -0.1) is 0 Å². The maximum absolute atomic E-state index is 4.80. The standard InChI is InChI=1S/C39H36N4/c1-3-39(4-2,42-38-27-24-31(29-41-38)37-21-13-14-28-40-37)36-20-12-11-19-35(36)30-22-25-34(26-23-30)43(32-15-7-5-8-16-32)33-17-9-6-10-18-33/h5-29H,3-4H2,1-2H3,(H,41,42). The highest BCUT2D eigenvalue weighted by Gasteiger charge is 2.31. The zero-order valence-corrected chi connectivity index (χ0v) is 24.7. The number of hydrogen-bond acceptors (Lipinski definition) is 4. The number of para-hydroxylation sites is 2. The molecule has 0 saturated carbocycles. The summed E-state index contributed by atoms with van der Waals surface area (Å²) in [4.78, 5) is 11.6. The van der Waals surface area contributed by atoms with E-state index in [4.69, 9.17) is 4.98 Å². The summed E-state index contributed by atoms with van der Waals surface area (Å²) in [7, 11) is 0. The summed E-state index contributed by atoms with van der Waals surface area (Å²) in [5.74, 6) is 0.856. The SMILES string of the molecule is CCC(CC)(Nc1ccc(-c2ccccn2)cn1)c1ccccc1-c1ccc(N(c2ccccc2)c2ccccc2)cc1. The minimum Gasteiger partial charge on any atom is -0.361 e. The minimum atomic E-state index is -0.283. The summed E-state index contributed by atoms with van der Waals surface area (Å²) < 4.78 is 0. The van der Waals surface area contributed by atoms with Crippen LogP contribution in [0.2, 0.25) is 0 Å². The molecule has 1 N–H and O–H groups in total. The molecule has 43 heavy (non-hydrogen) atoms. The highest BCUT2D eigenvalue weighted by atomic mass is 15.1. The van der Waals surface area contributed by atoms with Crippen molar-refractivity contribution in [3.63, 3.8) is 0 Å². The van der Waals surface area contributed by atoms with Crippen molar-refractivity contribution in [2.24, 2.45) is 0 Å². The number of anilines is 4. The molecule has 0 radical (unpaired) electrons. The van der Waals surface area contributed by atoms with Crippen LogP contribution in [0.4, 0.5) is 22.9 Å². The largest absolute Gasteiger partial charge is 0.361 e. The first-order valence-corrected chi connectivity index (χ1v) is 15.0. The molecule has 0 unspecified atom stereocenters. The molecule has 6 aromatic rings. The Morgan fingerprint density at radius 2 is 1.14 bits per heavy atom. The van der Waals surface area contributed by atoms with E-state index in [0.29, 0.717) is 0 Å². The van der Waals surface area contributed by atoms with Gasteiger partial charge in [-0.05, 0) is 90.2 Å². The molecule has 0 spiro atoms. The van der Waals surface area contributed by atoms with Crippen LogP contribution in [0.25, 0.3) is 22.4 Å². The van der Waals surface area contributed by atoms with Crippen molar-refractivity contribution in [2.45, 2.75) is 32.2 Å². The lowest BCUT2D eigenvalue weighted by Crippen LogP contribution is -2.35. The van der Waals surface area contributed by atoms with Crippen molar-refractivity contribution in [1.82, 2.24) is 9.97 Å². The fraction of sp³-hybridized carbons (Fsp3) is 0.128. The van der Waals surface area contributed by atoms with Crippen LogP contribution in [0.3, 0.4) is 0 Å². The molecule has 0 atom stereocenters. The molecule has 4 nitrogen and oxygen atoms in total. The van der Waals surface area contributed by atoms with E-state index in [1.807, 2.05) is 30.6 Å². The smallest absolute Gasteiger partial charge is 0.126 e. The molecule has 0 aliphatic rings. The van der Waals surface area contributed by atoms with Gasteiger partial charge in [-0.25, -0.2) is 4.98 Å². The van der Waals surface area contributed by atoms with E-state index in [1.54, 1.807) is 0 Å². The van der Waals surface area contributed by atoms with Gasteiger partial charge in [0.2, 0.25) is 0 Å². The third-order valence-corrected chi connectivity index (χ3v) is 8.21. The van der Waals surface area contributed by atoms with Crippen LogP contribution in [-0.4, -0.2) is 9.97 Å². The van der Waals surface area contributed by atoms with Crippen molar-refractivity contribution in [3.05, 3.63) is 157 Å². The quantitative estimate of drug-likeness (QED) is 0.181. The Morgan fingerprint density at radius 3 is 1.72 bits per heavy atom. The Labute approximate surface area is 254 Å². The summed E-state index contributed by atoms with van der Waals surface area (Å²) in [5, 5.41) is 3.83. The normalized spacial score (nSPS) is 11.2. The molecule has 6 rings (SSSR count). The Morgan fingerprint density at radius 1 is 0.558 bits per heavy atom. The van der Waals surface area contributed by atoms with E-state index in [-0.39, 0.29) is 5.54 Å². The summed E-state index contributed by atoms with van der Waals surface area (Å²) in [5.41, 5.74) is 8.70. The predicted octanol–water partition coefficient (Wildman–Crippen LogP) is 10.4. The van der Waals surface area contributed by atoms with Crippen LogP contribution in [-0.2, 0) is 5.54 Å². The predicted molar refractivity (Wildman–Crippen MR) is 180 cm³/mol. The molecular weight excluding hydrogens is 524 g/mol. The van der Waals surface area contributed by atoms with Gasteiger partial charge in [-0.3, -0.25) is 4.98 Å². The molecule has 2 aromatic heterocycles. The Balaban J connectivity index is 1.33. The lowest BCUT2D eigenvalue weighted by molar-refractivity contribution is 0.454. The summed E-state index contributed by atoms with van der Waals surface area (Å²) >= 11 is 0. The number of nitrogens with one attached hydrogen (secondary N) is 1. The highest BCUT2D eigenvalue weighted by molar-refractivity contribution is 5.79. The Kier molecular flexibility index (Phi) is 8.28. The van der Waals surface area contributed by atoms with E-state index >= 15 is 0 Å². The average Bonchev–Trinajstić information content (AvgIpc) is 3.09. The Bertz CT molecular complexity index is 1690. The van der Waals surface area contributed by atoms with Gasteiger partial charge in [0.15, 0.2) is 0 Å². The van der Waals surface area contributed by atoms with Crippen LogP contribution in [0.15, 0.2) is 152 Å². The van der Waals surface area contributed by atoms with Gasteiger partial charge in [-0.1, -0.05) is 92.7 Å². The third-order valence-electron chi connectivity index (χ3n) is 8.21. The van der Waals surface area contributed by atoms with Gasteiger partial charge in [-0.2, -0.15) is 0 Å². The van der Waals surface area contributed by atoms with Crippen molar-refractivity contribution >= 4 is 22.9 Å². The van der Waals surface area contributed by atoms with Crippen LogP contribution in [0, 0.1) is 0 Å². The number of hydrogen-bond donors (Lipinski definition) is 1. The number of nitrogens with zero attached hydrogens (tertiary/aromatic N) is 3. The molecule has 4 aromatic carbocycles. The first kappa shape index (κ1) is 27.9. The third kappa shape index (κ3) is 5.91. The second kappa shape index (κ2) is 12.7. The average molecular weight is 561 g/mol. The van der Waals surface area contributed by atoms with Crippen LogP contribution in [0.1, 0.15) is 32.3 Å². The van der Waals surface area contributed by atoms with Crippen molar-refractivity contribution in [1.29, 1.82) is 0 Å². The topological polar surface area (TPSA) is 41.1 Å². The maximum atomic E-state index is 4.80. The van der Waals surface area contributed by atoms with E-state index in [1.165, 1.54) is 16.7 Å². The zero-order valence-electron chi connectivity index (χ0n) is 24.7. The summed E-state index contributed by atoms with van der Waals surface area (Å²) in [6.07, 6.45) is 5.54. The van der Waals surface area contributed by atoms with Gasteiger partial charge in [0.25, 0.3) is 0 Å². The van der Waals surface area contributed by atoms with Gasteiger partial charge in [0.1, 0.15) is 5.82 Å². The lowest BCUT2D eigenvalue weighted by Gasteiger charge is -2.36. The van der Waals surface area contributed by atoms with Gasteiger partial charge < -0.3 is 10.2 Å². The zero-order chi connectivity index (χ0) is 29.5. The van der Waals surface area contributed by atoms with Crippen molar-refractivity contribution < 1.29 is 0 Å². The summed E-state index contributed by atoms with van der Waals surface area (Å²) in [6, 6.07) is 48.8. The molecule has 2 heterocycles. The van der Waals surface area contributed by atoms with Crippen molar-refractivity contribution in [3.8, 4) is 22.4 Å². The lowest BCUT2D eigenvalue weighted by atomic mass is 9.80. The second-order valence-corrected chi connectivity index (χ2v) is 10.7. The van der Waals surface area contributed by atoms with Crippen LogP contribution >= 0.6 is 0 Å². The number of pyridine rings is 2. The van der Waals surface area contributed by atoms with Crippen LogP contribution in [0.5, 0.6) is 0 Å². The molecule has 212 valence electrons. The van der Waals surface area contributed by atoms with Gasteiger partial charge >= 0.3 is 0 Å². The van der Waals surface area contributed by atoms with E-state index in [9.17, 15) is 0 Å². The molecule has 0 fully saturated rings. The first-order valence-electron chi connectivity index (χ1n) is 15.0. The first-order chi connectivity index (χ1) is 21.2. The maximum Gasteiger partial charge on any atom is 0.126 e. The number of rotatable bonds is 10. The number of benzene rings is 4. The fourth-order valence-electron chi connectivity index (χ4n) is 5.82. The molecule has 0 bridgehead atoms. The van der Waals surface area contributed by atoms with E-state index in [0.717, 1.165) is 47.0 Å². The highest BCUT2D eigenvalue weighted by Crippen LogP contribution is 2.40.